The SMILES string of the molecule is CCc1ncc(Nc2cc(C(CC)CC(=O)O)ccc2C(CC)N2CCOCC2)cn1. The van der Waals surface area contributed by atoms with Crippen molar-refractivity contribution < 1.29 is 14.6 Å². The number of carboxylic acids is 1. The fourth-order valence-corrected chi connectivity index (χ4v) is 4.26. The van der Waals surface area contributed by atoms with Crippen molar-refractivity contribution in [3.8, 4) is 0 Å². The van der Waals surface area contributed by atoms with Crippen LogP contribution in [0.5, 0.6) is 0 Å². The van der Waals surface area contributed by atoms with Crippen molar-refractivity contribution in [2.75, 3.05) is 31.6 Å². The molecule has 31 heavy (non-hydrogen) atoms. The lowest BCUT2D eigenvalue weighted by Crippen LogP contribution is -2.39. The van der Waals surface area contributed by atoms with Crippen LogP contribution in [0.25, 0.3) is 0 Å². The first-order valence-corrected chi connectivity index (χ1v) is 11.3. The summed E-state index contributed by atoms with van der Waals surface area (Å²) >= 11 is 0. The maximum Gasteiger partial charge on any atom is 0.303 e. The number of nitrogens with zero attached hydrogens (tertiary/aromatic N) is 3. The van der Waals surface area contributed by atoms with E-state index in [0.29, 0.717) is 0 Å². The lowest BCUT2D eigenvalue weighted by atomic mass is 9.90. The van der Waals surface area contributed by atoms with E-state index in [9.17, 15) is 9.90 Å². The minimum absolute atomic E-state index is 0.0192. The molecular formula is C24H34N4O3. The van der Waals surface area contributed by atoms with E-state index in [0.717, 1.165) is 68.3 Å². The molecule has 0 spiro atoms. The van der Waals surface area contributed by atoms with Gasteiger partial charge in [-0.3, -0.25) is 9.69 Å². The van der Waals surface area contributed by atoms with Crippen LogP contribution in [0, 0.1) is 0 Å². The van der Waals surface area contributed by atoms with Gasteiger partial charge in [0.05, 0.1) is 37.7 Å². The molecule has 2 atom stereocenters. The van der Waals surface area contributed by atoms with Crippen LogP contribution >= 0.6 is 0 Å². The van der Waals surface area contributed by atoms with Crippen molar-refractivity contribution in [1.29, 1.82) is 0 Å². The summed E-state index contributed by atoms with van der Waals surface area (Å²) < 4.78 is 5.55. The number of carboxylic acid groups (broad SMARTS) is 1. The Morgan fingerprint density at radius 2 is 1.87 bits per heavy atom. The van der Waals surface area contributed by atoms with E-state index in [2.05, 4.69) is 45.3 Å². The molecule has 0 bridgehead atoms. The second kappa shape index (κ2) is 11.2. The first-order valence-electron chi connectivity index (χ1n) is 11.3. The van der Waals surface area contributed by atoms with Crippen LogP contribution in [0.15, 0.2) is 30.6 Å². The number of carbonyl (C=O) groups is 1. The zero-order valence-electron chi connectivity index (χ0n) is 18.8. The topological polar surface area (TPSA) is 87.6 Å². The smallest absolute Gasteiger partial charge is 0.303 e. The van der Waals surface area contributed by atoms with Gasteiger partial charge >= 0.3 is 5.97 Å². The molecule has 1 aliphatic rings. The predicted octanol–water partition coefficient (Wildman–Crippen LogP) is 4.53. The van der Waals surface area contributed by atoms with Crippen LogP contribution in [0.4, 0.5) is 11.4 Å². The van der Waals surface area contributed by atoms with Gasteiger partial charge in [0.15, 0.2) is 0 Å². The molecule has 2 aromatic rings. The molecule has 2 heterocycles. The molecule has 2 unspecified atom stereocenters. The summed E-state index contributed by atoms with van der Waals surface area (Å²) in [5, 5.41) is 12.9. The van der Waals surface area contributed by atoms with Crippen LogP contribution in [0.1, 0.15) is 68.9 Å². The van der Waals surface area contributed by atoms with Crippen LogP contribution in [0.2, 0.25) is 0 Å². The molecule has 1 aromatic heterocycles. The number of aromatic nitrogens is 2. The highest BCUT2D eigenvalue weighted by Crippen LogP contribution is 2.36. The van der Waals surface area contributed by atoms with Crippen molar-refractivity contribution in [2.45, 2.75) is 58.4 Å². The summed E-state index contributed by atoms with van der Waals surface area (Å²) in [5.74, 6) is 0.0230. The third kappa shape index (κ3) is 6.02. The van der Waals surface area contributed by atoms with E-state index in [4.69, 9.17) is 4.74 Å². The number of ether oxygens (including phenoxy) is 1. The largest absolute Gasteiger partial charge is 0.481 e. The Labute approximate surface area is 184 Å². The molecule has 7 nitrogen and oxygen atoms in total. The summed E-state index contributed by atoms with van der Waals surface area (Å²) in [6.07, 6.45) is 6.30. The van der Waals surface area contributed by atoms with Gasteiger partial charge in [-0.2, -0.15) is 0 Å². The fourth-order valence-electron chi connectivity index (χ4n) is 4.26. The molecule has 0 amide bonds. The highest BCUT2D eigenvalue weighted by Gasteiger charge is 2.24. The molecule has 1 saturated heterocycles. The van der Waals surface area contributed by atoms with E-state index in [1.807, 2.05) is 26.2 Å². The van der Waals surface area contributed by atoms with Gasteiger partial charge in [0.2, 0.25) is 0 Å². The number of hydrogen-bond donors (Lipinski definition) is 2. The second-order valence-electron chi connectivity index (χ2n) is 7.99. The Balaban J connectivity index is 1.97. The number of rotatable bonds is 10. The lowest BCUT2D eigenvalue weighted by molar-refractivity contribution is -0.137. The Hall–Kier alpha value is -2.51. The number of aryl methyl sites for hydroxylation is 1. The van der Waals surface area contributed by atoms with Gasteiger partial charge in [0.1, 0.15) is 5.82 Å². The van der Waals surface area contributed by atoms with Gasteiger partial charge in [-0.25, -0.2) is 9.97 Å². The van der Waals surface area contributed by atoms with Gasteiger partial charge in [0, 0.05) is 31.2 Å². The van der Waals surface area contributed by atoms with E-state index < -0.39 is 5.97 Å². The minimum Gasteiger partial charge on any atom is -0.481 e. The number of anilines is 2. The molecule has 2 N–H and O–H groups in total. The molecule has 168 valence electrons. The van der Waals surface area contributed by atoms with Crippen LogP contribution < -0.4 is 5.32 Å². The molecule has 1 aliphatic heterocycles. The number of hydrogen-bond acceptors (Lipinski definition) is 6. The number of aliphatic carboxylic acids is 1. The van der Waals surface area contributed by atoms with Crippen LogP contribution in [-0.4, -0.2) is 52.2 Å². The van der Waals surface area contributed by atoms with Crippen LogP contribution in [-0.2, 0) is 16.0 Å². The third-order valence-electron chi connectivity index (χ3n) is 6.00. The normalized spacial score (nSPS) is 16.6. The predicted molar refractivity (Wildman–Crippen MR) is 122 cm³/mol. The molecule has 0 aliphatic carbocycles. The van der Waals surface area contributed by atoms with Crippen molar-refractivity contribution in [1.82, 2.24) is 14.9 Å². The average Bonchev–Trinajstić information content (AvgIpc) is 2.80. The minimum atomic E-state index is -0.770. The van der Waals surface area contributed by atoms with E-state index in [-0.39, 0.29) is 18.4 Å². The van der Waals surface area contributed by atoms with Gasteiger partial charge in [-0.1, -0.05) is 32.9 Å². The highest BCUT2D eigenvalue weighted by molar-refractivity contribution is 5.69. The first-order chi connectivity index (χ1) is 15.0. The molecule has 1 fully saturated rings. The third-order valence-corrected chi connectivity index (χ3v) is 6.00. The van der Waals surface area contributed by atoms with Crippen molar-refractivity contribution in [3.05, 3.63) is 47.5 Å². The summed E-state index contributed by atoms with van der Waals surface area (Å²) in [4.78, 5) is 22.6. The molecule has 0 radical (unpaired) electrons. The summed E-state index contributed by atoms with van der Waals surface area (Å²) in [5.41, 5.74) is 4.07. The van der Waals surface area contributed by atoms with E-state index in [1.165, 1.54) is 5.56 Å². The first kappa shape index (κ1) is 23.2. The van der Waals surface area contributed by atoms with Crippen molar-refractivity contribution >= 4 is 17.3 Å². The molecule has 0 saturated carbocycles. The van der Waals surface area contributed by atoms with E-state index >= 15 is 0 Å². The second-order valence-corrected chi connectivity index (χ2v) is 7.99. The van der Waals surface area contributed by atoms with Gasteiger partial charge in [0.25, 0.3) is 0 Å². The highest BCUT2D eigenvalue weighted by atomic mass is 16.5. The summed E-state index contributed by atoms with van der Waals surface area (Å²) in [6, 6.07) is 6.63. The molecule has 7 heteroatoms. The lowest BCUT2D eigenvalue weighted by Gasteiger charge is -2.35. The molecule has 1 aromatic carbocycles. The maximum absolute atomic E-state index is 11.4. The maximum atomic E-state index is 11.4. The number of nitrogens with one attached hydrogen (secondary N) is 1. The molecule has 3 rings (SSSR count). The zero-order valence-corrected chi connectivity index (χ0v) is 18.8. The average molecular weight is 427 g/mol. The standard InChI is InChI=1S/C24H34N4O3/c1-4-17(14-24(29)30)18-7-8-20(22(5-2)28-9-11-31-12-10-28)21(13-18)27-19-15-25-23(6-3)26-16-19/h7-8,13,15-17,22,27H,4-6,9-12,14H2,1-3H3,(H,29,30). The summed E-state index contributed by atoms with van der Waals surface area (Å²) in [7, 11) is 0. The molecular weight excluding hydrogens is 392 g/mol. The Kier molecular flexibility index (Phi) is 8.37. The number of benzene rings is 1. The zero-order chi connectivity index (χ0) is 22.2. The van der Waals surface area contributed by atoms with Gasteiger partial charge in [-0.15, -0.1) is 0 Å². The number of morpholine rings is 1. The Morgan fingerprint density at radius 1 is 1.16 bits per heavy atom. The van der Waals surface area contributed by atoms with Gasteiger partial charge < -0.3 is 15.2 Å². The van der Waals surface area contributed by atoms with E-state index in [1.54, 1.807) is 0 Å². The summed E-state index contributed by atoms with van der Waals surface area (Å²) in [6.45, 7) is 9.59. The fraction of sp³-hybridized carbons (Fsp3) is 0.542. The quantitative estimate of drug-likeness (QED) is 0.577. The van der Waals surface area contributed by atoms with Gasteiger partial charge in [-0.05, 0) is 36.0 Å². The van der Waals surface area contributed by atoms with Crippen molar-refractivity contribution in [2.24, 2.45) is 0 Å². The monoisotopic (exact) mass is 426 g/mol. The Bertz CT molecular complexity index is 850. The van der Waals surface area contributed by atoms with Crippen LogP contribution in [0.3, 0.4) is 0 Å². The Morgan fingerprint density at radius 3 is 2.45 bits per heavy atom. The van der Waals surface area contributed by atoms with Crippen molar-refractivity contribution in [3.63, 3.8) is 0 Å².